The first-order valence-electron chi connectivity index (χ1n) is 8.10. The Hall–Kier alpha value is -3.21. The van der Waals surface area contributed by atoms with E-state index in [-0.39, 0.29) is 0 Å². The third-order valence-electron chi connectivity index (χ3n) is 4.34. The van der Waals surface area contributed by atoms with E-state index in [2.05, 4.69) is 33.5 Å². The van der Waals surface area contributed by atoms with Gasteiger partial charge in [0.05, 0.1) is 25.9 Å². The molecule has 0 aliphatic carbocycles. The van der Waals surface area contributed by atoms with Crippen LogP contribution >= 0.6 is 0 Å². The molecule has 0 aliphatic rings. The quantitative estimate of drug-likeness (QED) is 0.570. The predicted molar refractivity (Wildman–Crippen MR) is 100 cm³/mol. The summed E-state index contributed by atoms with van der Waals surface area (Å²) in [7, 11) is 3.31. The molecular weight excluding hydrogens is 314 g/mol. The minimum absolute atomic E-state index is 0.619. The lowest BCUT2D eigenvalue weighted by Gasteiger charge is -2.11. The van der Waals surface area contributed by atoms with Gasteiger partial charge in [0.15, 0.2) is 0 Å². The highest BCUT2D eigenvalue weighted by atomic mass is 16.5. The molecule has 0 atom stereocenters. The van der Waals surface area contributed by atoms with E-state index in [1.165, 1.54) is 5.39 Å². The molecule has 0 amide bonds. The van der Waals surface area contributed by atoms with E-state index < -0.39 is 0 Å². The van der Waals surface area contributed by atoms with Crippen molar-refractivity contribution in [1.29, 1.82) is 0 Å². The van der Waals surface area contributed by atoms with Gasteiger partial charge < -0.3 is 19.8 Å². The van der Waals surface area contributed by atoms with Crippen molar-refractivity contribution in [2.45, 2.75) is 6.54 Å². The molecule has 5 heteroatoms. The monoisotopic (exact) mass is 333 g/mol. The van der Waals surface area contributed by atoms with Crippen LogP contribution in [0.1, 0.15) is 5.56 Å². The number of pyridine rings is 1. The van der Waals surface area contributed by atoms with Crippen molar-refractivity contribution in [3.63, 3.8) is 0 Å². The van der Waals surface area contributed by atoms with Crippen LogP contribution < -0.4 is 14.8 Å². The van der Waals surface area contributed by atoms with Gasteiger partial charge in [-0.3, -0.25) is 0 Å². The van der Waals surface area contributed by atoms with Crippen LogP contribution in [0.5, 0.6) is 11.5 Å². The summed E-state index contributed by atoms with van der Waals surface area (Å²) in [6.45, 7) is 0.619. The summed E-state index contributed by atoms with van der Waals surface area (Å²) in [4.78, 5) is 7.88. The van der Waals surface area contributed by atoms with Crippen molar-refractivity contribution < 1.29 is 9.47 Å². The number of fused-ring (bicyclic) bond motifs is 3. The molecule has 2 N–H and O–H groups in total. The molecular formula is C20H19N3O2. The van der Waals surface area contributed by atoms with E-state index in [4.69, 9.17) is 9.47 Å². The van der Waals surface area contributed by atoms with Crippen molar-refractivity contribution in [3.05, 3.63) is 60.3 Å². The van der Waals surface area contributed by atoms with E-state index in [1.54, 1.807) is 14.2 Å². The van der Waals surface area contributed by atoms with Crippen molar-refractivity contribution in [2.24, 2.45) is 0 Å². The van der Waals surface area contributed by atoms with Crippen molar-refractivity contribution in [2.75, 3.05) is 19.5 Å². The maximum absolute atomic E-state index is 5.45. The van der Waals surface area contributed by atoms with Crippen molar-refractivity contribution in [3.8, 4) is 11.5 Å². The molecule has 25 heavy (non-hydrogen) atoms. The molecule has 4 aromatic rings. The second-order valence-electron chi connectivity index (χ2n) is 5.82. The molecule has 0 aliphatic heterocycles. The summed E-state index contributed by atoms with van der Waals surface area (Å²) in [5.74, 6) is 2.40. The molecule has 2 aromatic carbocycles. The Morgan fingerprint density at radius 2 is 1.84 bits per heavy atom. The number of H-pyrrole nitrogens is 1. The average molecular weight is 333 g/mol. The van der Waals surface area contributed by atoms with Gasteiger partial charge in [-0.15, -0.1) is 0 Å². The van der Waals surface area contributed by atoms with Crippen LogP contribution in [0, 0.1) is 0 Å². The number of methoxy groups -OCH3 is 2. The van der Waals surface area contributed by atoms with Crippen molar-refractivity contribution in [1.82, 2.24) is 9.97 Å². The van der Waals surface area contributed by atoms with Crippen LogP contribution in [0.15, 0.2) is 54.7 Å². The standard InChI is InChI=1S/C20H19N3O2/c1-24-14-8-7-13(19(9-14)25-2)11-21-20-10-16-15-5-3-4-6-17(15)23-18(16)12-22-20/h3-10,12,23H,11H2,1-2H3,(H,21,22). The second kappa shape index (κ2) is 6.36. The summed E-state index contributed by atoms with van der Waals surface area (Å²) in [5, 5.41) is 5.73. The van der Waals surface area contributed by atoms with E-state index >= 15 is 0 Å². The third kappa shape index (κ3) is 2.85. The molecule has 0 saturated heterocycles. The summed E-state index contributed by atoms with van der Waals surface area (Å²) in [5.41, 5.74) is 3.20. The summed E-state index contributed by atoms with van der Waals surface area (Å²) in [6.07, 6.45) is 1.86. The zero-order valence-corrected chi connectivity index (χ0v) is 14.2. The number of ether oxygens (including phenoxy) is 2. The normalized spacial score (nSPS) is 11.0. The van der Waals surface area contributed by atoms with Gasteiger partial charge in [-0.05, 0) is 24.3 Å². The Kier molecular flexibility index (Phi) is 3.90. The Morgan fingerprint density at radius 3 is 2.68 bits per heavy atom. The number of hydrogen-bond acceptors (Lipinski definition) is 4. The van der Waals surface area contributed by atoms with E-state index in [9.17, 15) is 0 Å². The second-order valence-corrected chi connectivity index (χ2v) is 5.82. The maximum atomic E-state index is 5.45. The zero-order chi connectivity index (χ0) is 17.2. The number of benzene rings is 2. The number of aromatic amines is 1. The molecule has 0 radical (unpaired) electrons. The molecule has 0 saturated carbocycles. The average Bonchev–Trinajstić information content (AvgIpc) is 3.04. The molecule has 126 valence electrons. The number of aromatic nitrogens is 2. The van der Waals surface area contributed by atoms with Gasteiger partial charge in [-0.2, -0.15) is 0 Å². The summed E-state index contributed by atoms with van der Waals surface area (Å²) in [6, 6.07) is 16.1. The van der Waals surface area contributed by atoms with Gasteiger partial charge in [-0.1, -0.05) is 18.2 Å². The van der Waals surface area contributed by atoms with Crippen LogP contribution in [0.25, 0.3) is 21.8 Å². The molecule has 0 fully saturated rings. The number of nitrogens with one attached hydrogen (secondary N) is 2. The predicted octanol–water partition coefficient (Wildman–Crippen LogP) is 4.35. The largest absolute Gasteiger partial charge is 0.497 e. The molecule has 0 spiro atoms. The number of nitrogens with zero attached hydrogens (tertiary/aromatic N) is 1. The Balaban J connectivity index is 1.62. The maximum Gasteiger partial charge on any atom is 0.127 e. The van der Waals surface area contributed by atoms with E-state index in [1.807, 2.05) is 36.5 Å². The molecule has 2 heterocycles. The first-order chi connectivity index (χ1) is 12.3. The van der Waals surface area contributed by atoms with Gasteiger partial charge in [0.2, 0.25) is 0 Å². The van der Waals surface area contributed by atoms with Gasteiger partial charge in [0.25, 0.3) is 0 Å². The fourth-order valence-electron chi connectivity index (χ4n) is 3.03. The first-order valence-corrected chi connectivity index (χ1v) is 8.10. The highest BCUT2D eigenvalue weighted by Gasteiger charge is 2.08. The Labute approximate surface area is 145 Å². The van der Waals surface area contributed by atoms with Crippen LogP contribution in [-0.2, 0) is 6.54 Å². The molecule has 0 bridgehead atoms. The fraction of sp³-hybridized carbons (Fsp3) is 0.150. The lowest BCUT2D eigenvalue weighted by Crippen LogP contribution is -2.03. The fourth-order valence-corrected chi connectivity index (χ4v) is 3.03. The molecule has 4 rings (SSSR count). The highest BCUT2D eigenvalue weighted by Crippen LogP contribution is 2.28. The Bertz CT molecular complexity index is 1040. The van der Waals surface area contributed by atoms with Crippen LogP contribution in [0.3, 0.4) is 0 Å². The summed E-state index contributed by atoms with van der Waals surface area (Å²) >= 11 is 0. The smallest absolute Gasteiger partial charge is 0.127 e. The Morgan fingerprint density at radius 1 is 0.960 bits per heavy atom. The van der Waals surface area contributed by atoms with Crippen molar-refractivity contribution >= 4 is 27.6 Å². The highest BCUT2D eigenvalue weighted by molar-refractivity contribution is 6.07. The minimum atomic E-state index is 0.619. The molecule has 0 unspecified atom stereocenters. The third-order valence-corrected chi connectivity index (χ3v) is 4.34. The topological polar surface area (TPSA) is 59.2 Å². The summed E-state index contributed by atoms with van der Waals surface area (Å²) < 4.78 is 10.7. The number of anilines is 1. The van der Waals surface area contributed by atoms with E-state index in [0.717, 1.165) is 39.3 Å². The van der Waals surface area contributed by atoms with Crippen LogP contribution in [0.2, 0.25) is 0 Å². The van der Waals surface area contributed by atoms with Gasteiger partial charge in [0, 0.05) is 34.5 Å². The number of para-hydroxylation sites is 1. The lowest BCUT2D eigenvalue weighted by molar-refractivity contribution is 0.391. The first kappa shape index (κ1) is 15.3. The van der Waals surface area contributed by atoms with E-state index in [0.29, 0.717) is 6.54 Å². The van der Waals surface area contributed by atoms with Crippen LogP contribution in [0.4, 0.5) is 5.82 Å². The molecule has 2 aromatic heterocycles. The van der Waals surface area contributed by atoms with Gasteiger partial charge in [-0.25, -0.2) is 4.98 Å². The molecule has 5 nitrogen and oxygen atoms in total. The van der Waals surface area contributed by atoms with Gasteiger partial charge >= 0.3 is 0 Å². The van der Waals surface area contributed by atoms with Crippen LogP contribution in [-0.4, -0.2) is 24.2 Å². The lowest BCUT2D eigenvalue weighted by atomic mass is 10.1. The SMILES string of the molecule is COc1ccc(CNc2cc3c(cn2)[nH]c2ccccc23)c(OC)c1. The zero-order valence-electron chi connectivity index (χ0n) is 14.2. The number of rotatable bonds is 5. The minimum Gasteiger partial charge on any atom is -0.497 e. The number of hydrogen-bond donors (Lipinski definition) is 2. The van der Waals surface area contributed by atoms with Gasteiger partial charge in [0.1, 0.15) is 17.3 Å².